The highest BCUT2D eigenvalue weighted by atomic mass is 16.8. The number of hydrogen-bond acceptors (Lipinski definition) is 27. The van der Waals surface area contributed by atoms with Gasteiger partial charge in [-0.2, -0.15) is 0 Å². The fraction of sp³-hybridized carbons (Fsp3) is 0.855. The number of allylic oxidation sites excluding steroid dienone is 3. The second-order valence-electron chi connectivity index (χ2n) is 28.1. The monoisotopic (exact) mass is 1290 g/mol. The number of aliphatic hydroxyl groups is 11. The van der Waals surface area contributed by atoms with Gasteiger partial charge in [0.1, 0.15) is 97.8 Å². The van der Waals surface area contributed by atoms with E-state index in [9.17, 15) is 85.3 Å². The number of fused-ring (bicyclic) bond motifs is 7. The van der Waals surface area contributed by atoms with E-state index in [-0.39, 0.29) is 18.8 Å². The Kier molecular flexibility index (Phi) is 21.0. The summed E-state index contributed by atoms with van der Waals surface area (Å²) in [5.41, 5.74) is -4.95. The number of hydrogen-bond donors (Lipinski definition) is 12. The second-order valence-corrected chi connectivity index (χ2v) is 28.1. The molecule has 0 aromatic heterocycles. The summed E-state index contributed by atoms with van der Waals surface area (Å²) in [6.45, 7) is 13.7. The van der Waals surface area contributed by atoms with Crippen molar-refractivity contribution in [3.63, 3.8) is 0 Å². The van der Waals surface area contributed by atoms with Crippen molar-refractivity contribution < 1.29 is 137 Å². The number of aldehydes is 1. The summed E-state index contributed by atoms with van der Waals surface area (Å²) >= 11 is 0. The molecule has 0 radical (unpaired) electrons. The predicted molar refractivity (Wildman–Crippen MR) is 303 cm³/mol. The van der Waals surface area contributed by atoms with Crippen LogP contribution in [0.25, 0.3) is 0 Å². The van der Waals surface area contributed by atoms with Gasteiger partial charge in [-0.15, -0.1) is 0 Å². The Morgan fingerprint density at radius 1 is 0.644 bits per heavy atom. The Bertz CT molecular complexity index is 2650. The minimum absolute atomic E-state index is 0.0921. The molecule has 9 rings (SSSR count). The molecule has 4 aliphatic heterocycles. The molecule has 28 heteroatoms. The van der Waals surface area contributed by atoms with E-state index in [2.05, 4.69) is 26.8 Å². The molecule has 8 fully saturated rings. The van der Waals surface area contributed by atoms with E-state index in [4.69, 9.17) is 52.1 Å². The highest BCUT2D eigenvalue weighted by Crippen LogP contribution is 2.76. The molecule has 4 saturated carbocycles. The van der Waals surface area contributed by atoms with Crippen LogP contribution >= 0.6 is 0 Å². The number of carboxylic acid groups (broad SMARTS) is 1. The maximum absolute atomic E-state index is 14.3. The number of carbonyl (C=O) groups is 5. The summed E-state index contributed by atoms with van der Waals surface area (Å²) in [6, 6.07) is 0. The maximum Gasteiger partial charge on any atom is 0.335 e. The molecule has 4 saturated heterocycles. The zero-order valence-electron chi connectivity index (χ0n) is 52.3. The van der Waals surface area contributed by atoms with E-state index in [1.807, 2.05) is 20.8 Å². The maximum atomic E-state index is 14.3. The van der Waals surface area contributed by atoms with Crippen molar-refractivity contribution in [3.8, 4) is 0 Å². The minimum atomic E-state index is -2.29. The Balaban J connectivity index is 1.06. The first kappa shape index (κ1) is 70.6. The van der Waals surface area contributed by atoms with Crippen LogP contribution in [0.15, 0.2) is 23.8 Å². The van der Waals surface area contributed by atoms with Crippen molar-refractivity contribution in [2.75, 3.05) is 26.4 Å². The molecular weight excluding hydrogens is 1190 g/mol. The largest absolute Gasteiger partial charge is 0.479 e. The zero-order chi connectivity index (χ0) is 66.1. The van der Waals surface area contributed by atoms with Gasteiger partial charge in [0.25, 0.3) is 0 Å². The third-order valence-corrected chi connectivity index (χ3v) is 22.4. The number of aliphatic carboxylic acids is 1. The van der Waals surface area contributed by atoms with E-state index < -0.39 is 230 Å². The third-order valence-electron chi connectivity index (χ3n) is 22.4. The van der Waals surface area contributed by atoms with Crippen molar-refractivity contribution >= 4 is 30.2 Å². The average Bonchev–Trinajstić information content (AvgIpc) is 0.669. The first-order valence-electron chi connectivity index (χ1n) is 31.4. The number of aliphatic hydroxyl groups excluding tert-OH is 11. The van der Waals surface area contributed by atoms with Gasteiger partial charge in [0, 0.05) is 25.3 Å². The smallest absolute Gasteiger partial charge is 0.335 e. The van der Waals surface area contributed by atoms with Gasteiger partial charge in [0.2, 0.25) is 0 Å². The zero-order valence-corrected chi connectivity index (χ0v) is 52.3. The van der Waals surface area contributed by atoms with Gasteiger partial charge in [-0.1, -0.05) is 72.6 Å². The lowest BCUT2D eigenvalue weighted by Gasteiger charge is -2.72. The van der Waals surface area contributed by atoms with Crippen LogP contribution in [0.2, 0.25) is 0 Å². The number of ether oxygens (including phenoxy) is 11. The van der Waals surface area contributed by atoms with Crippen LogP contribution in [0.5, 0.6) is 0 Å². The highest BCUT2D eigenvalue weighted by Gasteiger charge is 2.75. The molecule has 0 bridgehead atoms. The molecule has 0 aromatic carbocycles. The molecule has 90 heavy (non-hydrogen) atoms. The second kappa shape index (κ2) is 26.8. The summed E-state index contributed by atoms with van der Waals surface area (Å²) in [4.78, 5) is 67.7. The van der Waals surface area contributed by atoms with Crippen molar-refractivity contribution in [1.82, 2.24) is 0 Å². The Morgan fingerprint density at radius 3 is 1.90 bits per heavy atom. The molecule has 0 unspecified atom stereocenters. The molecule has 0 aromatic rings. The standard InChI is InChI=1S/C62H94O28/c1-10-11-12-13-38(70)86-50-51(83-28(3)67)62(26-65)30(20-57(50,4)5)29-14-15-35-58(6)18-17-36(59(7,25-64)34(58)16-19-60(35,8)61(29,9)21-37(62)82-27(2)66)85-56-49(90-54-44(76)42(74)41(73)33(22-63)84-54)46(45(77)47(88-56)52(78)79)87-55-48(40(72)32(69)24-81-55)89-53-43(75)39(71)31(68)23-80-53/h12-14,25,30-37,39-51,53-56,63,65,68-69,71-77H,10-11,15-24,26H2,1-9H3,(H,78,79)/t30-,31+,32-,33+,34+,35+,36-,37+,39-,40-,41-,42-,43+,44+,45-,46-,47-,48+,49+,50-,51-,53-,54-,55-,56+,58-,59-,60+,61+,62-/m0/s1. The Morgan fingerprint density at radius 2 is 1.28 bits per heavy atom. The summed E-state index contributed by atoms with van der Waals surface area (Å²) < 4.78 is 67.1. The van der Waals surface area contributed by atoms with Crippen LogP contribution in [0.1, 0.15) is 120 Å². The first-order valence-corrected chi connectivity index (χ1v) is 31.4. The molecule has 30 atom stereocenters. The molecular formula is C62H94O28. The van der Waals surface area contributed by atoms with Crippen LogP contribution in [-0.4, -0.2) is 253 Å². The van der Waals surface area contributed by atoms with Gasteiger partial charge in [0.15, 0.2) is 37.4 Å². The SMILES string of the molecule is CCCC=CC(=O)O[C@H]1[C@H](OC(C)=O)[C@]2(CO)[C@H](OC(C)=O)C[C@]3(C)C(=CC[C@@H]4[C@@]5(C)CC[C@H](O[C@@H]6O[C@H](C(=O)O)[C@@H](O)[C@H](O[C@@H]7OC[C@H](O)[C@H](O)[C@H]7O[C@@H]7OC[C@@H](O)[C@H](O)[C@H]7O)[C@H]6O[C@@H]6O[C@H](CO)[C@H](O)[C@H](O)[C@H]6O)[C@@](C)(C=O)[C@@H]5CC[C@]43C)[C@@H]2CC1(C)C. The summed E-state index contributed by atoms with van der Waals surface area (Å²) in [6.07, 6.45) is -29.8. The molecule has 9 aliphatic rings. The first-order chi connectivity index (χ1) is 42.2. The Labute approximate surface area is 521 Å². The van der Waals surface area contributed by atoms with Crippen molar-refractivity contribution in [2.24, 2.45) is 50.2 Å². The molecule has 4 heterocycles. The van der Waals surface area contributed by atoms with Gasteiger partial charge in [-0.25, -0.2) is 9.59 Å². The number of unbranched alkanes of at least 4 members (excludes halogenated alkanes) is 1. The number of esters is 3. The normalized spacial score (nSPS) is 49.2. The van der Waals surface area contributed by atoms with Gasteiger partial charge in [-0.3, -0.25) is 9.59 Å². The van der Waals surface area contributed by atoms with Gasteiger partial charge in [-0.05, 0) is 85.4 Å². The van der Waals surface area contributed by atoms with E-state index in [1.165, 1.54) is 19.9 Å². The van der Waals surface area contributed by atoms with Crippen LogP contribution < -0.4 is 0 Å². The molecule has 0 spiro atoms. The molecule has 12 N–H and O–H groups in total. The van der Waals surface area contributed by atoms with E-state index in [0.717, 1.165) is 18.3 Å². The molecule has 510 valence electrons. The number of carboxylic acids is 1. The lowest BCUT2D eigenvalue weighted by Crippen LogP contribution is -2.73. The van der Waals surface area contributed by atoms with Crippen LogP contribution in [0, 0.1) is 50.2 Å². The van der Waals surface area contributed by atoms with Gasteiger partial charge >= 0.3 is 23.9 Å². The summed E-state index contributed by atoms with van der Waals surface area (Å²) in [7, 11) is 0. The highest BCUT2D eigenvalue weighted by molar-refractivity contribution is 5.82. The summed E-state index contributed by atoms with van der Waals surface area (Å²) in [5, 5.41) is 131. The lowest BCUT2D eigenvalue weighted by atomic mass is 9.33. The van der Waals surface area contributed by atoms with Crippen LogP contribution in [0.3, 0.4) is 0 Å². The average molecular weight is 1290 g/mol. The minimum Gasteiger partial charge on any atom is -0.479 e. The summed E-state index contributed by atoms with van der Waals surface area (Å²) in [5.74, 6) is -5.03. The van der Waals surface area contributed by atoms with E-state index in [1.54, 1.807) is 13.0 Å². The van der Waals surface area contributed by atoms with E-state index >= 15 is 0 Å². The topological polar surface area (TPSA) is 430 Å². The van der Waals surface area contributed by atoms with Gasteiger partial charge < -0.3 is 118 Å². The molecule has 5 aliphatic carbocycles. The van der Waals surface area contributed by atoms with E-state index in [0.29, 0.717) is 38.5 Å². The Hall–Kier alpha value is -3.73. The fourth-order valence-electron chi connectivity index (χ4n) is 17.5. The lowest BCUT2D eigenvalue weighted by molar-refractivity contribution is -0.398. The number of carbonyl (C=O) groups excluding carboxylic acids is 4. The third kappa shape index (κ3) is 12.2. The molecule has 28 nitrogen and oxygen atoms in total. The fourth-order valence-corrected chi connectivity index (χ4v) is 17.5. The predicted octanol–water partition coefficient (Wildman–Crippen LogP) is -1.05. The van der Waals surface area contributed by atoms with Crippen molar-refractivity contribution in [2.45, 2.75) is 255 Å². The van der Waals surface area contributed by atoms with Crippen LogP contribution in [0.4, 0.5) is 0 Å². The quantitative estimate of drug-likeness (QED) is 0.0194. The van der Waals surface area contributed by atoms with Crippen molar-refractivity contribution in [3.05, 3.63) is 23.8 Å². The van der Waals surface area contributed by atoms with Crippen molar-refractivity contribution in [1.29, 1.82) is 0 Å². The molecule has 0 amide bonds. The number of rotatable bonds is 18. The van der Waals surface area contributed by atoms with Gasteiger partial charge in [0.05, 0.1) is 43.4 Å². The van der Waals surface area contributed by atoms with Crippen LogP contribution in [-0.2, 0) is 76.1 Å².